The van der Waals surface area contributed by atoms with Crippen LogP contribution in [0.3, 0.4) is 0 Å². The number of ether oxygens (including phenoxy) is 1. The number of esters is 1. The zero-order valence-electron chi connectivity index (χ0n) is 11.5. The second-order valence-corrected chi connectivity index (χ2v) is 4.27. The van der Waals surface area contributed by atoms with Crippen LogP contribution in [-0.2, 0) is 9.53 Å². The third-order valence-corrected chi connectivity index (χ3v) is 3.09. The lowest BCUT2D eigenvalue weighted by atomic mass is 10.1. The predicted octanol–water partition coefficient (Wildman–Crippen LogP) is 1.87. The van der Waals surface area contributed by atoms with Crippen LogP contribution in [-0.4, -0.2) is 42.0 Å². The number of fused-ring (bicyclic) bond motifs is 1. The van der Waals surface area contributed by atoms with Crippen LogP contribution < -0.4 is 0 Å². The lowest BCUT2D eigenvalue weighted by Gasteiger charge is -2.20. The van der Waals surface area contributed by atoms with Crippen LogP contribution in [0.4, 0.5) is 0 Å². The van der Waals surface area contributed by atoms with Gasteiger partial charge in [0.1, 0.15) is 6.54 Å². The van der Waals surface area contributed by atoms with Crippen LogP contribution in [0.5, 0.6) is 0 Å². The van der Waals surface area contributed by atoms with Crippen LogP contribution in [0.1, 0.15) is 17.3 Å². The molecule has 1 heterocycles. The van der Waals surface area contributed by atoms with E-state index in [1.165, 1.54) is 12.0 Å². The highest BCUT2D eigenvalue weighted by molar-refractivity contribution is 6.06. The number of aromatic nitrogens is 1. The van der Waals surface area contributed by atoms with Gasteiger partial charge in [-0.25, -0.2) is 0 Å². The van der Waals surface area contributed by atoms with Crippen molar-refractivity contribution in [2.24, 2.45) is 0 Å². The Balaban J connectivity index is 2.37. The Kier molecular flexibility index (Phi) is 4.30. The zero-order valence-corrected chi connectivity index (χ0v) is 11.5. The molecule has 20 heavy (non-hydrogen) atoms. The molecule has 0 aliphatic heterocycles. The summed E-state index contributed by atoms with van der Waals surface area (Å²) < 4.78 is 4.61. The summed E-state index contributed by atoms with van der Waals surface area (Å²) in [6, 6.07) is 9.01. The Morgan fingerprint density at radius 3 is 2.75 bits per heavy atom. The highest BCUT2D eigenvalue weighted by atomic mass is 16.5. The molecule has 0 aliphatic rings. The fourth-order valence-electron chi connectivity index (χ4n) is 2.01. The Morgan fingerprint density at radius 2 is 2.05 bits per heavy atom. The second-order valence-electron chi connectivity index (χ2n) is 4.27. The number of amides is 1. The van der Waals surface area contributed by atoms with Crippen LogP contribution in [0.2, 0.25) is 0 Å². The summed E-state index contributed by atoms with van der Waals surface area (Å²) in [7, 11) is 1.31. The van der Waals surface area contributed by atoms with E-state index in [1.807, 2.05) is 19.1 Å². The molecule has 104 valence electrons. The van der Waals surface area contributed by atoms with Crippen molar-refractivity contribution in [3.05, 3.63) is 42.1 Å². The summed E-state index contributed by atoms with van der Waals surface area (Å²) in [5, 5.41) is 0.781. The van der Waals surface area contributed by atoms with Gasteiger partial charge in [-0.3, -0.25) is 14.6 Å². The van der Waals surface area contributed by atoms with Gasteiger partial charge in [-0.2, -0.15) is 0 Å². The molecule has 0 fully saturated rings. The number of likely N-dealkylation sites (N-methyl/N-ethyl adjacent to an activating group) is 1. The zero-order chi connectivity index (χ0) is 14.5. The molecule has 0 radical (unpaired) electrons. The summed E-state index contributed by atoms with van der Waals surface area (Å²) in [6.45, 7) is 2.21. The molecule has 0 bridgehead atoms. The van der Waals surface area contributed by atoms with E-state index in [0.717, 1.165) is 10.9 Å². The SMILES string of the molecule is CCN(CC(=O)OC)C(=O)c1cccc2ncccc12. The summed E-state index contributed by atoms with van der Waals surface area (Å²) in [5.74, 6) is -0.630. The molecular weight excluding hydrogens is 256 g/mol. The molecule has 1 aromatic carbocycles. The van der Waals surface area contributed by atoms with Crippen molar-refractivity contribution in [1.82, 2.24) is 9.88 Å². The van der Waals surface area contributed by atoms with Crippen molar-refractivity contribution in [1.29, 1.82) is 0 Å². The first-order valence-corrected chi connectivity index (χ1v) is 6.37. The van der Waals surface area contributed by atoms with Gasteiger partial charge in [0.25, 0.3) is 5.91 Å². The standard InChI is InChI=1S/C15H16N2O3/c1-3-17(10-14(18)20-2)15(19)12-6-4-8-13-11(12)7-5-9-16-13/h4-9H,3,10H2,1-2H3. The minimum atomic E-state index is -0.432. The average Bonchev–Trinajstić information content (AvgIpc) is 2.51. The Labute approximate surface area is 117 Å². The van der Waals surface area contributed by atoms with E-state index >= 15 is 0 Å². The number of methoxy groups -OCH3 is 1. The van der Waals surface area contributed by atoms with E-state index in [0.29, 0.717) is 12.1 Å². The average molecular weight is 272 g/mol. The second kappa shape index (κ2) is 6.14. The van der Waals surface area contributed by atoms with E-state index in [-0.39, 0.29) is 12.5 Å². The van der Waals surface area contributed by atoms with Crippen molar-refractivity contribution in [3.63, 3.8) is 0 Å². The molecular formula is C15H16N2O3. The number of nitrogens with zero attached hydrogens (tertiary/aromatic N) is 2. The largest absolute Gasteiger partial charge is 0.468 e. The summed E-state index contributed by atoms with van der Waals surface area (Å²) in [5.41, 5.74) is 1.30. The van der Waals surface area contributed by atoms with Gasteiger partial charge in [0.15, 0.2) is 0 Å². The maximum Gasteiger partial charge on any atom is 0.325 e. The van der Waals surface area contributed by atoms with Gasteiger partial charge < -0.3 is 9.64 Å². The maximum absolute atomic E-state index is 12.5. The maximum atomic E-state index is 12.5. The molecule has 2 aromatic rings. The summed E-state index contributed by atoms with van der Waals surface area (Å²) in [4.78, 5) is 29.6. The first kappa shape index (κ1) is 14.0. The number of pyridine rings is 1. The smallest absolute Gasteiger partial charge is 0.325 e. The fourth-order valence-corrected chi connectivity index (χ4v) is 2.01. The van der Waals surface area contributed by atoms with E-state index < -0.39 is 5.97 Å². The summed E-state index contributed by atoms with van der Waals surface area (Å²) >= 11 is 0. The van der Waals surface area contributed by atoms with Crippen molar-refractivity contribution in [3.8, 4) is 0 Å². The molecule has 0 N–H and O–H groups in total. The number of hydrogen-bond donors (Lipinski definition) is 0. The lowest BCUT2D eigenvalue weighted by molar-refractivity contribution is -0.141. The molecule has 0 unspecified atom stereocenters. The molecule has 0 spiro atoms. The van der Waals surface area contributed by atoms with Crippen LogP contribution in [0.15, 0.2) is 36.5 Å². The van der Waals surface area contributed by atoms with Crippen LogP contribution in [0.25, 0.3) is 10.9 Å². The lowest BCUT2D eigenvalue weighted by Crippen LogP contribution is -2.36. The van der Waals surface area contributed by atoms with E-state index in [9.17, 15) is 9.59 Å². The third-order valence-electron chi connectivity index (χ3n) is 3.09. The minimum Gasteiger partial charge on any atom is -0.468 e. The minimum absolute atomic E-state index is 0.0531. The van der Waals surface area contributed by atoms with Crippen molar-refractivity contribution >= 4 is 22.8 Å². The predicted molar refractivity (Wildman–Crippen MR) is 75.3 cm³/mol. The van der Waals surface area contributed by atoms with Gasteiger partial charge in [0.05, 0.1) is 12.6 Å². The van der Waals surface area contributed by atoms with Gasteiger partial charge in [-0.1, -0.05) is 12.1 Å². The van der Waals surface area contributed by atoms with Gasteiger partial charge in [0, 0.05) is 23.7 Å². The molecule has 0 atom stereocenters. The van der Waals surface area contributed by atoms with Crippen molar-refractivity contribution < 1.29 is 14.3 Å². The quantitative estimate of drug-likeness (QED) is 0.797. The Morgan fingerprint density at radius 1 is 1.25 bits per heavy atom. The monoisotopic (exact) mass is 272 g/mol. The number of benzene rings is 1. The van der Waals surface area contributed by atoms with E-state index in [2.05, 4.69) is 9.72 Å². The van der Waals surface area contributed by atoms with Gasteiger partial charge in [0.2, 0.25) is 0 Å². The van der Waals surface area contributed by atoms with Gasteiger partial charge in [-0.15, -0.1) is 0 Å². The van der Waals surface area contributed by atoms with Gasteiger partial charge >= 0.3 is 5.97 Å². The Hall–Kier alpha value is -2.43. The van der Waals surface area contributed by atoms with Gasteiger partial charge in [-0.05, 0) is 25.1 Å². The molecule has 1 amide bonds. The topological polar surface area (TPSA) is 59.5 Å². The normalized spacial score (nSPS) is 10.3. The van der Waals surface area contributed by atoms with Crippen LogP contribution >= 0.6 is 0 Å². The molecule has 0 aliphatic carbocycles. The number of hydrogen-bond acceptors (Lipinski definition) is 4. The van der Waals surface area contributed by atoms with E-state index in [4.69, 9.17) is 0 Å². The first-order valence-electron chi connectivity index (χ1n) is 6.37. The molecule has 2 rings (SSSR count). The third kappa shape index (κ3) is 2.77. The van der Waals surface area contributed by atoms with E-state index in [1.54, 1.807) is 24.4 Å². The molecule has 0 saturated heterocycles. The highest BCUT2D eigenvalue weighted by Gasteiger charge is 2.19. The molecule has 5 nitrogen and oxygen atoms in total. The Bertz CT molecular complexity index is 635. The molecule has 5 heteroatoms. The first-order chi connectivity index (χ1) is 9.67. The van der Waals surface area contributed by atoms with Crippen LogP contribution in [0, 0.1) is 0 Å². The van der Waals surface area contributed by atoms with Crippen molar-refractivity contribution in [2.75, 3.05) is 20.2 Å². The fraction of sp³-hybridized carbons (Fsp3) is 0.267. The molecule has 0 saturated carbocycles. The molecule has 1 aromatic heterocycles. The van der Waals surface area contributed by atoms with Crippen molar-refractivity contribution in [2.45, 2.75) is 6.92 Å². The number of carbonyl (C=O) groups is 2. The highest BCUT2D eigenvalue weighted by Crippen LogP contribution is 2.18. The number of carbonyl (C=O) groups excluding carboxylic acids is 2. The summed E-state index contributed by atoms with van der Waals surface area (Å²) in [6.07, 6.45) is 1.68. The number of rotatable bonds is 4.